The van der Waals surface area contributed by atoms with Crippen molar-refractivity contribution >= 4 is 6.03 Å². The molecule has 1 N–H and O–H groups in total. The molecule has 150 valence electrons. The van der Waals surface area contributed by atoms with Crippen LogP contribution in [-0.4, -0.2) is 58.6 Å². The zero-order chi connectivity index (χ0) is 19.5. The largest absolute Gasteiger partial charge is 0.334 e. The van der Waals surface area contributed by atoms with Gasteiger partial charge in [-0.15, -0.1) is 0 Å². The van der Waals surface area contributed by atoms with Crippen LogP contribution >= 0.6 is 0 Å². The molecule has 4 rings (SSSR count). The second-order valence-corrected chi connectivity index (χ2v) is 8.05. The van der Waals surface area contributed by atoms with E-state index in [0.717, 1.165) is 44.1 Å². The van der Waals surface area contributed by atoms with Gasteiger partial charge in [-0.3, -0.25) is 0 Å². The van der Waals surface area contributed by atoms with Gasteiger partial charge in [-0.1, -0.05) is 6.07 Å². The van der Waals surface area contributed by atoms with Crippen LogP contribution in [0.25, 0.3) is 5.69 Å². The zero-order valence-electron chi connectivity index (χ0n) is 16.4. The van der Waals surface area contributed by atoms with Gasteiger partial charge in [-0.05, 0) is 68.9 Å². The number of aromatic nitrogens is 2. The molecule has 2 fully saturated rings. The molecule has 2 aliphatic rings. The van der Waals surface area contributed by atoms with E-state index in [4.69, 9.17) is 0 Å². The van der Waals surface area contributed by atoms with Crippen molar-refractivity contribution in [2.24, 2.45) is 11.8 Å². The highest BCUT2D eigenvalue weighted by Crippen LogP contribution is 2.31. The third-order valence-electron chi connectivity index (χ3n) is 6.18. The van der Waals surface area contributed by atoms with Crippen molar-refractivity contribution in [1.29, 1.82) is 0 Å². The Bertz CT molecular complexity index is 801. The van der Waals surface area contributed by atoms with Crippen molar-refractivity contribution in [2.75, 3.05) is 33.2 Å². The number of urea groups is 1. The van der Waals surface area contributed by atoms with E-state index in [1.807, 2.05) is 11.0 Å². The maximum Gasteiger partial charge on any atom is 0.317 e. The van der Waals surface area contributed by atoms with E-state index in [2.05, 4.69) is 22.2 Å². The average molecular weight is 385 g/mol. The number of nitrogens with one attached hydrogen (secondary N) is 1. The number of benzene rings is 1. The van der Waals surface area contributed by atoms with Gasteiger partial charge in [0.05, 0.1) is 12.0 Å². The number of halogens is 1. The van der Waals surface area contributed by atoms with Gasteiger partial charge in [-0.2, -0.15) is 0 Å². The van der Waals surface area contributed by atoms with Crippen LogP contribution < -0.4 is 5.32 Å². The Morgan fingerprint density at radius 1 is 1.21 bits per heavy atom. The smallest absolute Gasteiger partial charge is 0.317 e. The quantitative estimate of drug-likeness (QED) is 0.881. The van der Waals surface area contributed by atoms with Crippen molar-refractivity contribution in [3.63, 3.8) is 0 Å². The molecule has 2 aliphatic heterocycles. The minimum atomic E-state index is -0.326. The summed E-state index contributed by atoms with van der Waals surface area (Å²) < 4.78 is 16.0. The van der Waals surface area contributed by atoms with Crippen LogP contribution in [-0.2, 0) is 6.54 Å². The van der Waals surface area contributed by atoms with Gasteiger partial charge >= 0.3 is 6.03 Å². The van der Waals surface area contributed by atoms with Crippen molar-refractivity contribution in [2.45, 2.75) is 25.8 Å². The number of nitrogens with zero attached hydrogens (tertiary/aromatic N) is 4. The molecule has 0 bridgehead atoms. The minimum absolute atomic E-state index is 0.0467. The van der Waals surface area contributed by atoms with E-state index in [9.17, 15) is 9.18 Å². The van der Waals surface area contributed by atoms with Gasteiger partial charge in [0.1, 0.15) is 5.82 Å². The number of carbonyl (C=O) groups is 1. The van der Waals surface area contributed by atoms with Crippen molar-refractivity contribution in [1.82, 2.24) is 24.7 Å². The van der Waals surface area contributed by atoms with E-state index in [0.29, 0.717) is 18.2 Å². The summed E-state index contributed by atoms with van der Waals surface area (Å²) in [5, 5.41) is 2.95. The van der Waals surface area contributed by atoms with E-state index in [1.54, 1.807) is 29.4 Å². The molecule has 2 aromatic rings. The molecule has 0 saturated carbocycles. The van der Waals surface area contributed by atoms with Gasteiger partial charge in [0.25, 0.3) is 0 Å². The number of hydrogen-bond donors (Lipinski definition) is 1. The lowest BCUT2D eigenvalue weighted by Crippen LogP contribution is -2.39. The predicted octanol–water partition coefficient (Wildman–Crippen LogP) is 2.88. The highest BCUT2D eigenvalue weighted by Gasteiger charge is 2.33. The van der Waals surface area contributed by atoms with E-state index in [-0.39, 0.29) is 11.8 Å². The molecule has 1 aromatic carbocycles. The maximum atomic E-state index is 14.3. The molecule has 2 saturated heterocycles. The van der Waals surface area contributed by atoms with E-state index < -0.39 is 0 Å². The first-order valence-corrected chi connectivity index (χ1v) is 10.1. The fraction of sp³-hybridized carbons (Fsp3) is 0.524. The Morgan fingerprint density at radius 3 is 2.71 bits per heavy atom. The zero-order valence-corrected chi connectivity index (χ0v) is 16.4. The van der Waals surface area contributed by atoms with Crippen molar-refractivity contribution in [3.05, 3.63) is 48.3 Å². The molecular formula is C21H28FN5O. The monoisotopic (exact) mass is 385 g/mol. The van der Waals surface area contributed by atoms with Crippen LogP contribution in [0, 0.1) is 17.7 Å². The van der Waals surface area contributed by atoms with Gasteiger partial charge in [0.2, 0.25) is 0 Å². The summed E-state index contributed by atoms with van der Waals surface area (Å²) in [5.41, 5.74) is 1.20. The van der Waals surface area contributed by atoms with Crippen molar-refractivity contribution < 1.29 is 9.18 Å². The molecule has 28 heavy (non-hydrogen) atoms. The first kappa shape index (κ1) is 18.9. The molecule has 0 spiro atoms. The summed E-state index contributed by atoms with van der Waals surface area (Å²) >= 11 is 0. The second kappa shape index (κ2) is 8.31. The lowest BCUT2D eigenvalue weighted by atomic mass is 9.84. The first-order chi connectivity index (χ1) is 13.6. The van der Waals surface area contributed by atoms with Crippen LogP contribution in [0.4, 0.5) is 9.18 Å². The van der Waals surface area contributed by atoms with Crippen LogP contribution in [0.1, 0.15) is 24.8 Å². The normalized spacial score (nSPS) is 21.2. The Morgan fingerprint density at radius 2 is 2.00 bits per heavy atom. The average Bonchev–Trinajstić information content (AvgIpc) is 3.39. The topological polar surface area (TPSA) is 53.4 Å². The highest BCUT2D eigenvalue weighted by molar-refractivity contribution is 5.74. The summed E-state index contributed by atoms with van der Waals surface area (Å²) in [6.45, 7) is 4.31. The molecule has 1 atom stereocenters. The fourth-order valence-corrected chi connectivity index (χ4v) is 4.42. The van der Waals surface area contributed by atoms with E-state index in [1.165, 1.54) is 18.9 Å². The van der Waals surface area contributed by atoms with Gasteiger partial charge < -0.3 is 19.7 Å². The lowest BCUT2D eigenvalue weighted by Gasteiger charge is -2.32. The number of piperidine rings is 1. The number of likely N-dealkylation sites (tertiary alicyclic amines) is 2. The van der Waals surface area contributed by atoms with Crippen LogP contribution in [0.2, 0.25) is 0 Å². The Kier molecular flexibility index (Phi) is 5.62. The molecule has 1 unspecified atom stereocenters. The maximum absolute atomic E-state index is 14.3. The number of imidazole rings is 1. The number of amides is 2. The molecule has 0 aliphatic carbocycles. The summed E-state index contributed by atoms with van der Waals surface area (Å²) in [5.74, 6) is 1.03. The lowest BCUT2D eigenvalue weighted by molar-refractivity contribution is 0.168. The van der Waals surface area contributed by atoms with Gasteiger partial charge in [0, 0.05) is 32.0 Å². The summed E-state index contributed by atoms with van der Waals surface area (Å²) in [6.07, 6.45) is 8.44. The Labute approximate surface area is 165 Å². The molecule has 3 heterocycles. The molecular weight excluding hydrogens is 357 g/mol. The third-order valence-corrected chi connectivity index (χ3v) is 6.18. The van der Waals surface area contributed by atoms with Crippen LogP contribution in [0.3, 0.4) is 0 Å². The Hall–Kier alpha value is -2.41. The highest BCUT2D eigenvalue weighted by atomic mass is 19.1. The standard InChI is InChI=1S/C21H28FN5O/c1-25-8-4-17(5-9-25)18-6-10-26(14-18)21(28)24-13-16-2-3-20(19(22)12-16)27-11-7-23-15-27/h2-3,7,11-12,15,17-18H,4-6,8-10,13-14H2,1H3,(H,24,28). The summed E-state index contributed by atoms with van der Waals surface area (Å²) in [4.78, 5) is 20.8. The van der Waals surface area contributed by atoms with Crippen LogP contribution in [0.15, 0.2) is 36.9 Å². The summed E-state index contributed by atoms with van der Waals surface area (Å²) in [6, 6.07) is 4.98. The first-order valence-electron chi connectivity index (χ1n) is 10.1. The van der Waals surface area contributed by atoms with Gasteiger partial charge in [0.15, 0.2) is 0 Å². The van der Waals surface area contributed by atoms with Gasteiger partial charge in [-0.25, -0.2) is 14.2 Å². The third kappa shape index (κ3) is 4.19. The fourth-order valence-electron chi connectivity index (χ4n) is 4.42. The van der Waals surface area contributed by atoms with Crippen molar-refractivity contribution in [3.8, 4) is 5.69 Å². The number of rotatable bonds is 4. The molecule has 0 radical (unpaired) electrons. The number of hydrogen-bond acceptors (Lipinski definition) is 3. The molecule has 2 amide bonds. The van der Waals surface area contributed by atoms with E-state index >= 15 is 0 Å². The molecule has 7 heteroatoms. The summed E-state index contributed by atoms with van der Waals surface area (Å²) in [7, 11) is 2.18. The molecule has 6 nitrogen and oxygen atoms in total. The Balaban J connectivity index is 1.28. The second-order valence-electron chi connectivity index (χ2n) is 8.05. The SMILES string of the molecule is CN1CCC(C2CCN(C(=O)NCc3ccc(-n4ccnc4)c(F)c3)C2)CC1. The van der Waals surface area contributed by atoms with Crippen LogP contribution in [0.5, 0.6) is 0 Å². The number of carbonyl (C=O) groups excluding carboxylic acids is 1. The molecule has 1 aromatic heterocycles. The predicted molar refractivity (Wildman–Crippen MR) is 106 cm³/mol. The minimum Gasteiger partial charge on any atom is -0.334 e.